The van der Waals surface area contributed by atoms with Crippen LogP contribution in [0.4, 0.5) is 5.69 Å². The number of nitrogens with one attached hydrogen (secondary N) is 1. The standard InChI is InChI=1S/C44H52N2O9S/c1-5-22-53-44-41(56-34-16-12-31(13-17-34)45-28(2)50)26-38(46-52-4)36-24-29(10-6-8-20-47)35(11-7-9-21-48)42(43(36)44)37-25-33(15-19-40(37)55-44)54-32-14-18-39(51-3)30(23-32)27-49/h5,12-19,23-25,27,29,35,41-43,47-48H,1,6-11,20-22,26H2,2-4H3,(H,45,50)/t29-,35+,41-,42+,43+,44+/m0/s1. The summed E-state index contributed by atoms with van der Waals surface area (Å²) < 4.78 is 26.0. The minimum absolute atomic E-state index is 0.107. The topological polar surface area (TPSA) is 145 Å². The summed E-state index contributed by atoms with van der Waals surface area (Å²) >= 11 is 1.64. The zero-order valence-corrected chi connectivity index (χ0v) is 33.1. The Morgan fingerprint density at radius 2 is 1.75 bits per heavy atom. The molecule has 298 valence electrons. The van der Waals surface area contributed by atoms with Crippen LogP contribution in [-0.4, -0.2) is 73.2 Å². The molecule has 0 saturated heterocycles. The lowest BCUT2D eigenvalue weighted by Crippen LogP contribution is -2.64. The van der Waals surface area contributed by atoms with Crippen molar-refractivity contribution >= 4 is 35.4 Å². The minimum atomic E-state index is -1.16. The predicted octanol–water partition coefficient (Wildman–Crippen LogP) is 8.31. The van der Waals surface area contributed by atoms with E-state index in [0.29, 0.717) is 53.5 Å². The van der Waals surface area contributed by atoms with Gasteiger partial charge in [-0.15, -0.1) is 18.3 Å². The number of aliphatic hydroxyl groups is 2. The number of anilines is 1. The number of aldehydes is 1. The van der Waals surface area contributed by atoms with Crippen LogP contribution in [0.1, 0.15) is 73.7 Å². The van der Waals surface area contributed by atoms with Crippen LogP contribution >= 0.6 is 11.8 Å². The maximum atomic E-state index is 11.8. The van der Waals surface area contributed by atoms with Gasteiger partial charge in [-0.2, -0.15) is 0 Å². The molecule has 1 heterocycles. The number of ether oxygens (including phenoxy) is 4. The molecule has 1 aliphatic heterocycles. The Bertz CT molecular complexity index is 1910. The van der Waals surface area contributed by atoms with Crippen molar-refractivity contribution in [3.63, 3.8) is 0 Å². The van der Waals surface area contributed by atoms with Crippen molar-refractivity contribution in [1.82, 2.24) is 0 Å². The molecule has 3 aromatic carbocycles. The number of benzene rings is 3. The molecule has 11 nitrogen and oxygen atoms in total. The summed E-state index contributed by atoms with van der Waals surface area (Å²) in [7, 11) is 3.09. The molecule has 0 aromatic heterocycles. The summed E-state index contributed by atoms with van der Waals surface area (Å²) in [5, 5.41) is 26.9. The number of rotatable bonds is 19. The fraction of sp³-hybridized carbons (Fsp3) is 0.432. The molecule has 3 N–H and O–H groups in total. The highest BCUT2D eigenvalue weighted by atomic mass is 32.2. The van der Waals surface area contributed by atoms with E-state index in [9.17, 15) is 19.8 Å². The zero-order valence-electron chi connectivity index (χ0n) is 32.3. The van der Waals surface area contributed by atoms with Gasteiger partial charge in [0, 0.05) is 48.6 Å². The number of amides is 1. The molecule has 3 aromatic rings. The summed E-state index contributed by atoms with van der Waals surface area (Å²) in [5.74, 6) is 0.732. The van der Waals surface area contributed by atoms with Crippen LogP contribution in [0, 0.1) is 17.8 Å². The third-order valence-electron chi connectivity index (χ3n) is 10.8. The van der Waals surface area contributed by atoms with Gasteiger partial charge in [0.2, 0.25) is 11.7 Å². The van der Waals surface area contributed by atoms with Crippen molar-refractivity contribution in [1.29, 1.82) is 0 Å². The SMILES string of the molecule is C=CCO[C@@]12Oc3ccc(Oc4ccc(OC)c(C=O)c4)cc3[C@H]3[C@H](CCCCO)[C@@H](CCCCO)C=C(C(=NOC)C[C@@H]1Sc1ccc(NC(C)=O)cc1)[C@H]32. The summed E-state index contributed by atoms with van der Waals surface area (Å²) in [5.41, 5.74) is 3.91. The molecule has 1 saturated carbocycles. The molecular formula is C44H52N2O9S. The van der Waals surface area contributed by atoms with E-state index in [2.05, 4.69) is 23.1 Å². The first-order chi connectivity index (χ1) is 27.3. The second-order valence-corrected chi connectivity index (χ2v) is 15.7. The molecule has 0 unspecified atom stereocenters. The van der Waals surface area contributed by atoms with E-state index in [0.717, 1.165) is 53.7 Å². The normalized spacial score (nSPS) is 24.2. The van der Waals surface area contributed by atoms with Gasteiger partial charge in [0.05, 0.1) is 36.2 Å². The van der Waals surface area contributed by atoms with Crippen molar-refractivity contribution in [2.75, 3.05) is 39.4 Å². The number of nitrogens with zero attached hydrogens (tertiary/aromatic N) is 1. The lowest BCUT2D eigenvalue weighted by molar-refractivity contribution is -0.223. The smallest absolute Gasteiger partial charge is 0.231 e. The second kappa shape index (κ2) is 19.0. The van der Waals surface area contributed by atoms with E-state index in [4.69, 9.17) is 23.8 Å². The first-order valence-electron chi connectivity index (χ1n) is 19.3. The Morgan fingerprint density at radius 3 is 2.43 bits per heavy atom. The molecular weight excluding hydrogens is 733 g/mol. The van der Waals surface area contributed by atoms with Gasteiger partial charge in [-0.3, -0.25) is 9.59 Å². The molecule has 6 rings (SSSR count). The number of aliphatic hydroxyl groups excluding tert-OH is 2. The van der Waals surface area contributed by atoms with E-state index in [1.165, 1.54) is 14.0 Å². The average molecular weight is 785 g/mol. The van der Waals surface area contributed by atoms with Crippen LogP contribution in [-0.2, 0) is 14.4 Å². The van der Waals surface area contributed by atoms with Crippen molar-refractivity contribution in [2.45, 2.75) is 73.7 Å². The highest BCUT2D eigenvalue weighted by molar-refractivity contribution is 8.00. The van der Waals surface area contributed by atoms with Crippen LogP contribution in [0.2, 0.25) is 0 Å². The van der Waals surface area contributed by atoms with E-state index in [1.807, 2.05) is 42.5 Å². The molecule has 3 aliphatic rings. The highest BCUT2D eigenvalue weighted by Gasteiger charge is 2.64. The molecule has 56 heavy (non-hydrogen) atoms. The Morgan fingerprint density at radius 1 is 1.02 bits per heavy atom. The number of hydrogen-bond acceptors (Lipinski definition) is 11. The van der Waals surface area contributed by atoms with Gasteiger partial charge in [-0.25, -0.2) is 0 Å². The molecule has 6 atom stereocenters. The summed E-state index contributed by atoms with van der Waals surface area (Å²) in [6.45, 7) is 5.96. The monoisotopic (exact) mass is 784 g/mol. The first-order valence-corrected chi connectivity index (χ1v) is 20.1. The fourth-order valence-electron chi connectivity index (χ4n) is 8.59. The maximum Gasteiger partial charge on any atom is 0.231 e. The molecule has 0 spiro atoms. The van der Waals surface area contributed by atoms with Crippen LogP contribution in [0.3, 0.4) is 0 Å². The van der Waals surface area contributed by atoms with Gasteiger partial charge in [-0.05, 0) is 104 Å². The quantitative estimate of drug-likeness (QED) is 0.0470. The third-order valence-corrected chi connectivity index (χ3v) is 12.2. The molecule has 0 radical (unpaired) electrons. The largest absolute Gasteiger partial charge is 0.496 e. The number of unbranched alkanes of at least 4 members (excludes halogenated alkanes) is 2. The van der Waals surface area contributed by atoms with E-state index < -0.39 is 5.79 Å². The van der Waals surface area contributed by atoms with Crippen LogP contribution in [0.15, 0.2) is 95.0 Å². The number of oxime groups is 1. The van der Waals surface area contributed by atoms with Gasteiger partial charge in [-0.1, -0.05) is 30.1 Å². The summed E-state index contributed by atoms with van der Waals surface area (Å²) in [4.78, 5) is 30.1. The van der Waals surface area contributed by atoms with E-state index >= 15 is 0 Å². The highest BCUT2D eigenvalue weighted by Crippen LogP contribution is 2.63. The Balaban J connectivity index is 1.52. The van der Waals surface area contributed by atoms with Crippen molar-refractivity contribution in [3.05, 3.63) is 96.1 Å². The minimum Gasteiger partial charge on any atom is -0.496 e. The van der Waals surface area contributed by atoms with Gasteiger partial charge in [0.25, 0.3) is 0 Å². The second-order valence-electron chi connectivity index (χ2n) is 14.4. The number of hydrogen-bond donors (Lipinski definition) is 3. The first kappa shape index (κ1) is 41.0. The molecule has 0 bridgehead atoms. The summed E-state index contributed by atoms with van der Waals surface area (Å²) in [6.07, 6.45) is 10.1. The lowest BCUT2D eigenvalue weighted by atomic mass is 9.56. The average Bonchev–Trinajstić information content (AvgIpc) is 3.20. The molecule has 1 fully saturated rings. The van der Waals surface area contributed by atoms with Gasteiger partial charge in [0.1, 0.15) is 30.1 Å². The van der Waals surface area contributed by atoms with E-state index in [1.54, 1.807) is 43.1 Å². The Labute approximate surface area is 333 Å². The number of methoxy groups -OCH3 is 1. The van der Waals surface area contributed by atoms with Gasteiger partial charge < -0.3 is 39.3 Å². The van der Waals surface area contributed by atoms with Gasteiger partial charge in [0.15, 0.2) is 6.29 Å². The van der Waals surface area contributed by atoms with Crippen molar-refractivity contribution in [2.24, 2.45) is 22.9 Å². The van der Waals surface area contributed by atoms with Gasteiger partial charge >= 0.3 is 0 Å². The van der Waals surface area contributed by atoms with Crippen molar-refractivity contribution < 1.29 is 43.6 Å². The Hall–Kier alpha value is -4.62. The molecule has 2 aliphatic carbocycles. The predicted molar refractivity (Wildman–Crippen MR) is 217 cm³/mol. The van der Waals surface area contributed by atoms with Crippen LogP contribution < -0.4 is 19.5 Å². The maximum absolute atomic E-state index is 11.8. The number of thioether (sulfide) groups is 1. The van der Waals surface area contributed by atoms with Crippen molar-refractivity contribution in [3.8, 4) is 23.0 Å². The number of fused-ring (bicyclic) bond motifs is 2. The Kier molecular flexibility index (Phi) is 13.9. The zero-order chi connectivity index (χ0) is 39.7. The number of carbonyl (C=O) groups is 2. The van der Waals surface area contributed by atoms with Crippen LogP contribution in [0.25, 0.3) is 0 Å². The summed E-state index contributed by atoms with van der Waals surface area (Å²) in [6, 6.07) is 18.7. The number of allylic oxidation sites excluding steroid dienone is 1. The lowest BCUT2D eigenvalue weighted by Gasteiger charge is -2.58. The van der Waals surface area contributed by atoms with Crippen LogP contribution in [0.5, 0.6) is 23.0 Å². The molecule has 1 amide bonds. The molecule has 12 heteroatoms. The fourth-order valence-corrected chi connectivity index (χ4v) is 9.88. The third kappa shape index (κ3) is 8.83. The van der Waals surface area contributed by atoms with E-state index in [-0.39, 0.29) is 54.6 Å². The number of carbonyl (C=O) groups excluding carboxylic acids is 2.